The molecule has 1 N–H and O–H groups in total. The molecule has 1 saturated heterocycles. The summed E-state index contributed by atoms with van der Waals surface area (Å²) in [5.41, 5.74) is 0. The Hall–Kier alpha value is -0.940. The van der Waals surface area contributed by atoms with Gasteiger partial charge in [-0.2, -0.15) is 0 Å². The maximum absolute atomic E-state index is 11.9. The van der Waals surface area contributed by atoms with E-state index in [0.29, 0.717) is 13.0 Å². The van der Waals surface area contributed by atoms with Gasteiger partial charge >= 0.3 is 0 Å². The van der Waals surface area contributed by atoms with E-state index in [1.54, 1.807) is 7.11 Å². The Morgan fingerprint density at radius 3 is 2.81 bits per heavy atom. The first-order valence-corrected chi connectivity index (χ1v) is 5.82. The van der Waals surface area contributed by atoms with Crippen molar-refractivity contribution in [3.05, 3.63) is 0 Å². The first-order chi connectivity index (χ1) is 7.74. The maximum atomic E-state index is 11.9. The summed E-state index contributed by atoms with van der Waals surface area (Å²) in [6.45, 7) is 1.39. The molecule has 0 aromatic heterocycles. The lowest BCUT2D eigenvalue weighted by Crippen LogP contribution is -2.40. The van der Waals surface area contributed by atoms with E-state index in [-0.39, 0.29) is 23.9 Å². The molecule has 2 aliphatic rings. The molecular formula is C11H18N2O3. The third-order valence-electron chi connectivity index (χ3n) is 3.01. The Labute approximate surface area is 95.1 Å². The fourth-order valence-corrected chi connectivity index (χ4v) is 2.02. The molecule has 2 amide bonds. The summed E-state index contributed by atoms with van der Waals surface area (Å²) in [5, 5.41) is 3.12. The second-order valence-electron chi connectivity index (χ2n) is 4.39. The van der Waals surface area contributed by atoms with Gasteiger partial charge in [-0.3, -0.25) is 14.5 Å². The van der Waals surface area contributed by atoms with Crippen molar-refractivity contribution >= 4 is 11.8 Å². The normalized spacial score (nSPS) is 25.6. The van der Waals surface area contributed by atoms with E-state index in [0.717, 1.165) is 25.8 Å². The van der Waals surface area contributed by atoms with Crippen LogP contribution in [0.25, 0.3) is 0 Å². The van der Waals surface area contributed by atoms with Crippen LogP contribution in [-0.4, -0.2) is 49.1 Å². The van der Waals surface area contributed by atoms with Crippen LogP contribution in [0.15, 0.2) is 0 Å². The van der Waals surface area contributed by atoms with Crippen LogP contribution in [0, 0.1) is 0 Å². The highest BCUT2D eigenvalue weighted by Crippen LogP contribution is 2.31. The monoisotopic (exact) mass is 226 g/mol. The molecule has 1 aliphatic heterocycles. The number of nitrogens with zero attached hydrogens (tertiary/aromatic N) is 1. The van der Waals surface area contributed by atoms with Gasteiger partial charge in [-0.15, -0.1) is 0 Å². The van der Waals surface area contributed by atoms with Gasteiger partial charge in [0, 0.05) is 19.8 Å². The Balaban J connectivity index is 1.78. The number of carbonyl (C=O) groups is 2. The predicted octanol–water partition coefficient (Wildman–Crippen LogP) is -0.0976. The van der Waals surface area contributed by atoms with Gasteiger partial charge < -0.3 is 10.1 Å². The van der Waals surface area contributed by atoms with Crippen LogP contribution >= 0.6 is 0 Å². The van der Waals surface area contributed by atoms with Crippen molar-refractivity contribution in [3.8, 4) is 0 Å². The van der Waals surface area contributed by atoms with Crippen molar-refractivity contribution < 1.29 is 14.3 Å². The third-order valence-corrected chi connectivity index (χ3v) is 3.01. The topological polar surface area (TPSA) is 58.6 Å². The SMILES string of the molecule is COCCCNC1CC(=O)N(C2CC2)C1=O. The third kappa shape index (κ3) is 2.41. The summed E-state index contributed by atoms with van der Waals surface area (Å²) in [4.78, 5) is 24.9. The Morgan fingerprint density at radius 2 is 2.19 bits per heavy atom. The number of methoxy groups -OCH3 is 1. The number of amides is 2. The number of hydrogen-bond donors (Lipinski definition) is 1. The van der Waals surface area contributed by atoms with Gasteiger partial charge in [-0.05, 0) is 25.8 Å². The van der Waals surface area contributed by atoms with Crippen LogP contribution in [-0.2, 0) is 14.3 Å². The molecule has 0 radical (unpaired) electrons. The quantitative estimate of drug-likeness (QED) is 0.507. The number of hydrogen-bond acceptors (Lipinski definition) is 4. The van der Waals surface area contributed by atoms with E-state index in [1.807, 2.05) is 0 Å². The molecule has 5 nitrogen and oxygen atoms in total. The van der Waals surface area contributed by atoms with Crippen LogP contribution < -0.4 is 5.32 Å². The zero-order valence-corrected chi connectivity index (χ0v) is 9.57. The van der Waals surface area contributed by atoms with Crippen molar-refractivity contribution in [2.75, 3.05) is 20.3 Å². The van der Waals surface area contributed by atoms with E-state index in [4.69, 9.17) is 4.74 Å². The van der Waals surface area contributed by atoms with Crippen LogP contribution in [0.2, 0.25) is 0 Å². The predicted molar refractivity (Wildman–Crippen MR) is 57.8 cm³/mol. The molecule has 1 atom stereocenters. The van der Waals surface area contributed by atoms with Crippen molar-refractivity contribution in [2.45, 2.75) is 37.8 Å². The maximum Gasteiger partial charge on any atom is 0.247 e. The molecule has 0 aromatic rings. The molecule has 0 aromatic carbocycles. The molecule has 0 bridgehead atoms. The minimum absolute atomic E-state index is 0.0169. The molecule has 90 valence electrons. The van der Waals surface area contributed by atoms with E-state index in [9.17, 15) is 9.59 Å². The van der Waals surface area contributed by atoms with Crippen LogP contribution in [0.1, 0.15) is 25.7 Å². The number of rotatable bonds is 6. The zero-order valence-electron chi connectivity index (χ0n) is 9.57. The van der Waals surface area contributed by atoms with Crippen molar-refractivity contribution in [1.29, 1.82) is 0 Å². The summed E-state index contributed by atoms with van der Waals surface area (Å²) in [5.74, 6) is -0.0540. The molecular weight excluding hydrogens is 208 g/mol. The van der Waals surface area contributed by atoms with Gasteiger partial charge in [0.15, 0.2) is 0 Å². The Bertz CT molecular complexity index is 289. The Kier molecular flexibility index (Phi) is 3.56. The number of nitrogens with one attached hydrogen (secondary N) is 1. The molecule has 5 heteroatoms. The molecule has 1 saturated carbocycles. The second kappa shape index (κ2) is 4.93. The largest absolute Gasteiger partial charge is 0.385 e. The van der Waals surface area contributed by atoms with E-state index < -0.39 is 0 Å². The van der Waals surface area contributed by atoms with Gasteiger partial charge in [-0.1, -0.05) is 0 Å². The van der Waals surface area contributed by atoms with Crippen LogP contribution in [0.5, 0.6) is 0 Å². The van der Waals surface area contributed by atoms with Gasteiger partial charge in [-0.25, -0.2) is 0 Å². The smallest absolute Gasteiger partial charge is 0.247 e. The molecule has 2 fully saturated rings. The van der Waals surface area contributed by atoms with Gasteiger partial charge in [0.2, 0.25) is 11.8 Å². The average Bonchev–Trinajstić information content (AvgIpc) is 3.03. The summed E-state index contributed by atoms with van der Waals surface area (Å²) in [6, 6.07) is -0.101. The fraction of sp³-hybridized carbons (Fsp3) is 0.818. The fourth-order valence-electron chi connectivity index (χ4n) is 2.02. The highest BCUT2D eigenvalue weighted by molar-refractivity contribution is 6.06. The number of ether oxygens (including phenoxy) is 1. The molecule has 0 spiro atoms. The summed E-state index contributed by atoms with van der Waals surface area (Å²) in [7, 11) is 1.65. The van der Waals surface area contributed by atoms with Gasteiger partial charge in [0.05, 0.1) is 12.5 Å². The highest BCUT2D eigenvalue weighted by atomic mass is 16.5. The van der Waals surface area contributed by atoms with Crippen LogP contribution in [0.3, 0.4) is 0 Å². The second-order valence-corrected chi connectivity index (χ2v) is 4.39. The molecule has 1 unspecified atom stereocenters. The van der Waals surface area contributed by atoms with Crippen LogP contribution in [0.4, 0.5) is 0 Å². The summed E-state index contributed by atoms with van der Waals surface area (Å²) >= 11 is 0. The lowest BCUT2D eigenvalue weighted by Gasteiger charge is -2.14. The van der Waals surface area contributed by atoms with E-state index in [2.05, 4.69) is 5.32 Å². The van der Waals surface area contributed by atoms with E-state index in [1.165, 1.54) is 4.90 Å². The summed E-state index contributed by atoms with van der Waals surface area (Å²) < 4.78 is 4.92. The minimum Gasteiger partial charge on any atom is -0.385 e. The first kappa shape index (κ1) is 11.5. The van der Waals surface area contributed by atoms with Gasteiger partial charge in [0.25, 0.3) is 0 Å². The number of likely N-dealkylation sites (tertiary alicyclic amines) is 1. The lowest BCUT2D eigenvalue weighted by atomic mass is 10.2. The molecule has 1 heterocycles. The highest BCUT2D eigenvalue weighted by Gasteiger charge is 2.45. The zero-order chi connectivity index (χ0) is 11.5. The van der Waals surface area contributed by atoms with Crippen molar-refractivity contribution in [3.63, 3.8) is 0 Å². The van der Waals surface area contributed by atoms with Crippen molar-refractivity contribution in [1.82, 2.24) is 10.2 Å². The summed E-state index contributed by atoms with van der Waals surface area (Å²) in [6.07, 6.45) is 3.14. The van der Waals surface area contributed by atoms with Crippen molar-refractivity contribution in [2.24, 2.45) is 0 Å². The minimum atomic E-state index is -0.301. The standard InChI is InChI=1S/C11H18N2O3/c1-16-6-2-5-12-9-7-10(14)13(11(9)15)8-3-4-8/h8-9,12H,2-7H2,1H3. The number of carbonyl (C=O) groups excluding carboxylic acids is 2. The van der Waals surface area contributed by atoms with Gasteiger partial charge in [0.1, 0.15) is 0 Å². The number of imide groups is 1. The first-order valence-electron chi connectivity index (χ1n) is 5.82. The van der Waals surface area contributed by atoms with E-state index >= 15 is 0 Å². The average molecular weight is 226 g/mol. The molecule has 16 heavy (non-hydrogen) atoms. The lowest BCUT2D eigenvalue weighted by molar-refractivity contribution is -0.139. The Morgan fingerprint density at radius 1 is 1.44 bits per heavy atom. The molecule has 2 rings (SSSR count). The molecule has 1 aliphatic carbocycles.